The number of amides is 2. The Kier molecular flexibility index (Phi) is 8.14. The number of nitrogens with two attached hydrogens (primary N) is 1. The second kappa shape index (κ2) is 11.9. The van der Waals surface area contributed by atoms with E-state index in [4.69, 9.17) is 10.7 Å². The molecule has 4 aromatic rings. The van der Waals surface area contributed by atoms with Gasteiger partial charge in [0, 0.05) is 49.9 Å². The fraction of sp³-hybridized carbons (Fsp3) is 0.258. The number of carbonyl (C=O) groups is 2. The number of rotatable bonds is 8. The van der Waals surface area contributed by atoms with Crippen molar-refractivity contribution < 1.29 is 19.1 Å². The molecule has 1 fully saturated rings. The fourth-order valence-electron chi connectivity index (χ4n) is 4.97. The topological polar surface area (TPSA) is 118 Å². The first-order valence-electron chi connectivity index (χ1n) is 13.4. The first-order chi connectivity index (χ1) is 19.7. The van der Waals surface area contributed by atoms with E-state index in [0.717, 1.165) is 37.4 Å². The zero-order chi connectivity index (χ0) is 29.1. The molecular formula is C31H33FN6O3. The molecule has 2 heterocycles. The molecule has 1 aromatic heterocycles. The number of fused-ring (bicyclic) bond motifs is 1. The molecule has 212 valence electrons. The van der Waals surface area contributed by atoms with E-state index in [1.807, 2.05) is 24.3 Å². The van der Waals surface area contributed by atoms with E-state index in [1.54, 1.807) is 42.3 Å². The standard InChI is InChI=1S/C31H33FN6O3/c1-36-13-15-38(16-14-36)19-28(40)37(2)24-10-8-23(9-11-24)34-30(21-5-3-20(4-6-21)17-27(33)39)29-25-12-7-22(32)18-26(25)35-31(29)41/h3-12,18,35,41H,13-17,19H2,1-2H3,(H2,33,39). The number of aromatic amines is 1. The summed E-state index contributed by atoms with van der Waals surface area (Å²) in [5.41, 5.74) is 9.43. The minimum absolute atomic E-state index is 0.0125. The van der Waals surface area contributed by atoms with Crippen LogP contribution in [0.1, 0.15) is 16.7 Å². The summed E-state index contributed by atoms with van der Waals surface area (Å²) >= 11 is 0. The first-order valence-corrected chi connectivity index (χ1v) is 13.4. The number of likely N-dealkylation sites (N-methyl/N-ethyl adjacent to an activating group) is 2. The van der Waals surface area contributed by atoms with Crippen molar-refractivity contribution >= 4 is 39.8 Å². The predicted octanol–water partition coefficient (Wildman–Crippen LogP) is 3.42. The summed E-state index contributed by atoms with van der Waals surface area (Å²) in [7, 11) is 3.85. The number of halogens is 1. The Morgan fingerprint density at radius 3 is 2.37 bits per heavy atom. The van der Waals surface area contributed by atoms with Crippen LogP contribution in [0.5, 0.6) is 5.88 Å². The summed E-state index contributed by atoms with van der Waals surface area (Å²) in [6.07, 6.45) is 0.104. The average Bonchev–Trinajstić information content (AvgIpc) is 3.27. The van der Waals surface area contributed by atoms with Crippen LogP contribution < -0.4 is 10.6 Å². The van der Waals surface area contributed by atoms with E-state index in [9.17, 15) is 19.1 Å². The molecule has 1 aliphatic heterocycles. The molecule has 4 N–H and O–H groups in total. The second-order valence-electron chi connectivity index (χ2n) is 10.4. The molecule has 0 bridgehead atoms. The van der Waals surface area contributed by atoms with E-state index >= 15 is 0 Å². The van der Waals surface area contributed by atoms with E-state index in [-0.39, 0.29) is 18.2 Å². The molecule has 5 rings (SSSR count). The Hall–Kier alpha value is -4.54. The molecule has 0 radical (unpaired) electrons. The van der Waals surface area contributed by atoms with Gasteiger partial charge in [-0.15, -0.1) is 0 Å². The molecule has 1 aliphatic rings. The van der Waals surface area contributed by atoms with Crippen molar-refractivity contribution in [2.24, 2.45) is 10.7 Å². The number of benzene rings is 3. The lowest BCUT2D eigenvalue weighted by Crippen LogP contribution is -2.48. The van der Waals surface area contributed by atoms with E-state index in [1.165, 1.54) is 12.1 Å². The average molecular weight is 557 g/mol. The largest absolute Gasteiger partial charge is 0.494 e. The van der Waals surface area contributed by atoms with Crippen LogP contribution in [0.15, 0.2) is 71.7 Å². The van der Waals surface area contributed by atoms with Gasteiger partial charge in [0.15, 0.2) is 5.88 Å². The summed E-state index contributed by atoms with van der Waals surface area (Å²) in [5.74, 6) is -0.994. The highest BCUT2D eigenvalue weighted by Crippen LogP contribution is 2.32. The number of aromatic nitrogens is 1. The summed E-state index contributed by atoms with van der Waals surface area (Å²) in [4.78, 5) is 38.1. The zero-order valence-corrected chi connectivity index (χ0v) is 23.1. The van der Waals surface area contributed by atoms with Crippen LogP contribution in [0.2, 0.25) is 0 Å². The summed E-state index contributed by atoms with van der Waals surface area (Å²) in [5, 5.41) is 11.5. The van der Waals surface area contributed by atoms with Crippen LogP contribution in [0.4, 0.5) is 15.8 Å². The number of hydrogen-bond acceptors (Lipinski definition) is 6. The maximum Gasteiger partial charge on any atom is 0.240 e. The number of piperazine rings is 1. The van der Waals surface area contributed by atoms with Gasteiger partial charge in [-0.3, -0.25) is 14.5 Å². The van der Waals surface area contributed by atoms with Gasteiger partial charge in [0.25, 0.3) is 0 Å². The molecule has 0 spiro atoms. The molecule has 1 saturated heterocycles. The minimum Gasteiger partial charge on any atom is -0.494 e. The maximum absolute atomic E-state index is 13.9. The first kappa shape index (κ1) is 28.0. The van der Waals surface area contributed by atoms with Gasteiger partial charge in [0.1, 0.15) is 5.82 Å². The third-order valence-corrected chi connectivity index (χ3v) is 7.39. The molecular weight excluding hydrogens is 523 g/mol. The number of primary amides is 1. The maximum atomic E-state index is 13.9. The molecule has 2 amide bonds. The van der Waals surface area contributed by atoms with Crippen LogP contribution in [-0.2, 0) is 16.0 Å². The van der Waals surface area contributed by atoms with Gasteiger partial charge in [-0.05, 0) is 55.1 Å². The van der Waals surface area contributed by atoms with Gasteiger partial charge in [-0.25, -0.2) is 9.38 Å². The van der Waals surface area contributed by atoms with E-state index in [2.05, 4.69) is 21.8 Å². The van der Waals surface area contributed by atoms with Crippen LogP contribution in [0.3, 0.4) is 0 Å². The number of anilines is 1. The molecule has 9 nitrogen and oxygen atoms in total. The Bertz CT molecular complexity index is 1590. The quantitative estimate of drug-likeness (QED) is 0.288. The number of aliphatic imine (C=N–C) groups is 1. The van der Waals surface area contributed by atoms with Crippen LogP contribution in [0.25, 0.3) is 10.9 Å². The second-order valence-corrected chi connectivity index (χ2v) is 10.4. The Morgan fingerprint density at radius 1 is 1.02 bits per heavy atom. The van der Waals surface area contributed by atoms with Crippen molar-refractivity contribution in [3.8, 4) is 5.88 Å². The molecule has 41 heavy (non-hydrogen) atoms. The molecule has 3 aromatic carbocycles. The Labute approximate surface area is 237 Å². The SMILES string of the molecule is CN1CCN(CC(=O)N(C)c2ccc(N=C(c3ccc(CC(N)=O)cc3)c3c(O)[nH]c4cc(F)ccc34)cc2)CC1. The van der Waals surface area contributed by atoms with Crippen LogP contribution in [0, 0.1) is 5.82 Å². The van der Waals surface area contributed by atoms with Gasteiger partial charge in [-0.1, -0.05) is 24.3 Å². The fourth-order valence-corrected chi connectivity index (χ4v) is 4.97. The number of nitrogens with zero attached hydrogens (tertiary/aromatic N) is 4. The zero-order valence-electron chi connectivity index (χ0n) is 23.1. The number of H-pyrrole nitrogens is 1. The molecule has 0 atom stereocenters. The highest BCUT2D eigenvalue weighted by Gasteiger charge is 2.21. The lowest BCUT2D eigenvalue weighted by molar-refractivity contribution is -0.120. The molecule has 0 unspecified atom stereocenters. The normalized spacial score (nSPS) is 14.9. The molecule has 0 saturated carbocycles. The van der Waals surface area contributed by atoms with Crippen molar-refractivity contribution in [3.63, 3.8) is 0 Å². The molecule has 10 heteroatoms. The van der Waals surface area contributed by atoms with Gasteiger partial charge >= 0.3 is 0 Å². The Morgan fingerprint density at radius 2 is 1.71 bits per heavy atom. The third-order valence-electron chi connectivity index (χ3n) is 7.39. The third kappa shape index (κ3) is 6.45. The van der Waals surface area contributed by atoms with Gasteiger partial charge < -0.3 is 25.6 Å². The monoisotopic (exact) mass is 556 g/mol. The number of aromatic hydroxyl groups is 1. The van der Waals surface area contributed by atoms with Crippen molar-refractivity contribution in [3.05, 3.63) is 89.2 Å². The predicted molar refractivity (Wildman–Crippen MR) is 158 cm³/mol. The number of hydrogen-bond donors (Lipinski definition) is 3. The smallest absolute Gasteiger partial charge is 0.240 e. The highest BCUT2D eigenvalue weighted by atomic mass is 19.1. The lowest BCUT2D eigenvalue weighted by Gasteiger charge is -2.32. The summed E-state index contributed by atoms with van der Waals surface area (Å²) < 4.78 is 13.9. The van der Waals surface area contributed by atoms with E-state index in [0.29, 0.717) is 40.0 Å². The van der Waals surface area contributed by atoms with Gasteiger partial charge in [0.2, 0.25) is 11.8 Å². The highest BCUT2D eigenvalue weighted by molar-refractivity contribution is 6.21. The van der Waals surface area contributed by atoms with Crippen molar-refractivity contribution in [1.29, 1.82) is 0 Å². The summed E-state index contributed by atoms with van der Waals surface area (Å²) in [6, 6.07) is 18.7. The van der Waals surface area contributed by atoms with Crippen LogP contribution in [-0.4, -0.2) is 84.2 Å². The van der Waals surface area contributed by atoms with Crippen LogP contribution >= 0.6 is 0 Å². The van der Waals surface area contributed by atoms with Crippen molar-refractivity contribution in [2.75, 3.05) is 51.7 Å². The lowest BCUT2D eigenvalue weighted by atomic mass is 9.99. The Balaban J connectivity index is 1.45. The minimum atomic E-state index is -0.435. The van der Waals surface area contributed by atoms with Crippen molar-refractivity contribution in [1.82, 2.24) is 14.8 Å². The summed E-state index contributed by atoms with van der Waals surface area (Å²) in [6.45, 7) is 3.98. The van der Waals surface area contributed by atoms with Crippen molar-refractivity contribution in [2.45, 2.75) is 6.42 Å². The van der Waals surface area contributed by atoms with Gasteiger partial charge in [0.05, 0.1) is 35.4 Å². The number of carbonyl (C=O) groups excluding carboxylic acids is 2. The number of nitrogens with one attached hydrogen (secondary N) is 1. The molecule has 0 aliphatic carbocycles. The van der Waals surface area contributed by atoms with Gasteiger partial charge in [-0.2, -0.15) is 0 Å². The van der Waals surface area contributed by atoms with E-state index < -0.39 is 11.7 Å².